The van der Waals surface area contributed by atoms with E-state index >= 15 is 0 Å². The zero-order chi connectivity index (χ0) is 40.2. The summed E-state index contributed by atoms with van der Waals surface area (Å²) in [5.41, 5.74) is 12.3. The van der Waals surface area contributed by atoms with Crippen LogP contribution in [0.25, 0.3) is 137 Å². The zero-order valence-corrected chi connectivity index (χ0v) is 33.0. The smallest absolute Gasteiger partial charge is 0.238 e. The van der Waals surface area contributed by atoms with Gasteiger partial charge in [0.15, 0.2) is 0 Å². The molecule has 0 aliphatic rings. The van der Waals surface area contributed by atoms with Crippen LogP contribution in [0.4, 0.5) is 0 Å². The van der Waals surface area contributed by atoms with Gasteiger partial charge in [-0.25, -0.2) is 4.98 Å². The Labute approximate surface area is 352 Å². The van der Waals surface area contributed by atoms with E-state index in [0.717, 1.165) is 71.5 Å². The Morgan fingerprint density at radius 3 is 1.85 bits per heavy atom. The number of fused-ring (bicyclic) bond motifs is 18. The summed E-state index contributed by atoms with van der Waals surface area (Å²) in [6.07, 6.45) is 0. The Kier molecular flexibility index (Phi) is 6.07. The number of nitrogens with zero attached hydrogens (tertiary/aromatic N) is 5. The molecule has 0 spiro atoms. The largest absolute Gasteiger partial charge is 0.437 e. The van der Waals surface area contributed by atoms with Crippen molar-refractivity contribution in [2.24, 2.45) is 0 Å². The molecule has 0 radical (unpaired) electrons. The lowest BCUT2D eigenvalue weighted by Gasteiger charge is -2.11. The molecule has 15 aromatic rings. The second kappa shape index (κ2) is 11.6. The van der Waals surface area contributed by atoms with Gasteiger partial charge in [-0.1, -0.05) is 133 Å². The molecule has 6 aromatic heterocycles. The van der Waals surface area contributed by atoms with Crippen molar-refractivity contribution in [3.8, 4) is 22.9 Å². The van der Waals surface area contributed by atoms with Crippen molar-refractivity contribution in [3.05, 3.63) is 188 Å². The van der Waals surface area contributed by atoms with Crippen LogP contribution in [0, 0.1) is 0 Å². The lowest BCUT2D eigenvalue weighted by atomic mass is 10.0. The van der Waals surface area contributed by atoms with Gasteiger partial charge in [0.1, 0.15) is 5.58 Å². The summed E-state index contributed by atoms with van der Waals surface area (Å²) in [4.78, 5) is 11.1. The van der Waals surface area contributed by atoms with Gasteiger partial charge < -0.3 is 13.4 Å². The maximum absolute atomic E-state index is 6.70. The standard InChI is InChI=1S/C56H31N5O/c1-2-15-34(16-3-1)59-44-22-10-6-18-36(44)41-30-33(27-29-47(41)59)51-49-40-21-9-13-25-48(40)62-55(49)58-56(57-51)61-45-23-11-7-19-37(45)42-31-43-38-28-26-32-14-4-5-17-35(32)52(38)60-46-24-12-8-20-39(46)50(53(43)60)54(42)61/h1-31H. The molecule has 6 heterocycles. The quantitative estimate of drug-likeness (QED) is 0.179. The number of hydrogen-bond donors (Lipinski definition) is 0. The fraction of sp³-hybridized carbons (Fsp3) is 0. The van der Waals surface area contributed by atoms with E-state index in [1.165, 1.54) is 54.3 Å². The van der Waals surface area contributed by atoms with Crippen molar-refractivity contribution < 1.29 is 4.42 Å². The van der Waals surface area contributed by atoms with Crippen molar-refractivity contribution in [2.45, 2.75) is 0 Å². The number of aromatic nitrogens is 5. The predicted octanol–water partition coefficient (Wildman–Crippen LogP) is 14.5. The molecule has 0 saturated carbocycles. The van der Waals surface area contributed by atoms with Crippen molar-refractivity contribution in [2.75, 3.05) is 0 Å². The first-order chi connectivity index (χ1) is 30.8. The van der Waals surface area contributed by atoms with Crippen LogP contribution in [0.5, 0.6) is 0 Å². The zero-order valence-electron chi connectivity index (χ0n) is 33.0. The Balaban J connectivity index is 1.09. The van der Waals surface area contributed by atoms with Crippen molar-refractivity contribution in [1.82, 2.24) is 23.5 Å². The van der Waals surface area contributed by atoms with Crippen molar-refractivity contribution >= 4 is 115 Å². The second-order valence-electron chi connectivity index (χ2n) is 16.5. The van der Waals surface area contributed by atoms with Crippen LogP contribution in [0.3, 0.4) is 0 Å². The van der Waals surface area contributed by atoms with E-state index in [9.17, 15) is 0 Å². The molecule has 286 valence electrons. The third kappa shape index (κ3) is 4.04. The average Bonchev–Trinajstić information content (AvgIpc) is 4.13. The number of hydrogen-bond acceptors (Lipinski definition) is 3. The van der Waals surface area contributed by atoms with Crippen LogP contribution in [-0.4, -0.2) is 23.5 Å². The van der Waals surface area contributed by atoms with E-state index in [0.29, 0.717) is 11.7 Å². The maximum atomic E-state index is 6.70. The van der Waals surface area contributed by atoms with Gasteiger partial charge in [0.25, 0.3) is 0 Å². The Morgan fingerprint density at radius 2 is 1.02 bits per heavy atom. The third-order valence-corrected chi connectivity index (χ3v) is 13.4. The highest BCUT2D eigenvalue weighted by Crippen LogP contribution is 2.48. The Hall–Kier alpha value is -8.48. The van der Waals surface area contributed by atoms with Crippen LogP contribution in [0.1, 0.15) is 0 Å². The summed E-state index contributed by atoms with van der Waals surface area (Å²) in [6.45, 7) is 0. The second-order valence-corrected chi connectivity index (χ2v) is 16.5. The van der Waals surface area contributed by atoms with Crippen LogP contribution >= 0.6 is 0 Å². The van der Waals surface area contributed by atoms with E-state index in [2.05, 4.69) is 189 Å². The van der Waals surface area contributed by atoms with Gasteiger partial charge in [0, 0.05) is 65.1 Å². The summed E-state index contributed by atoms with van der Waals surface area (Å²) in [5, 5.41) is 13.9. The minimum Gasteiger partial charge on any atom is -0.437 e. The molecule has 0 aliphatic heterocycles. The Morgan fingerprint density at radius 1 is 0.371 bits per heavy atom. The SMILES string of the molecule is c1ccc(-n2c3ccccc3c3cc(-c4nc(-n5c6ccccc6c6cc7c8ccc9ccccc9c8n8c9ccccc9c(c65)c78)nc5oc6ccccc6c45)ccc32)cc1. The highest BCUT2D eigenvalue weighted by molar-refractivity contribution is 6.35. The van der Waals surface area contributed by atoms with Gasteiger partial charge in [0.2, 0.25) is 11.7 Å². The first-order valence-corrected chi connectivity index (χ1v) is 21.1. The van der Waals surface area contributed by atoms with Gasteiger partial charge in [-0.2, -0.15) is 4.98 Å². The lowest BCUT2D eigenvalue weighted by Crippen LogP contribution is -2.03. The normalized spacial score (nSPS) is 12.5. The number of rotatable bonds is 3. The number of benzene rings is 9. The highest BCUT2D eigenvalue weighted by atomic mass is 16.3. The summed E-state index contributed by atoms with van der Waals surface area (Å²) < 4.78 is 13.8. The van der Waals surface area contributed by atoms with E-state index < -0.39 is 0 Å². The number of para-hydroxylation sites is 5. The monoisotopic (exact) mass is 789 g/mol. The first kappa shape index (κ1) is 32.4. The van der Waals surface area contributed by atoms with Crippen LogP contribution in [0.15, 0.2) is 192 Å². The highest BCUT2D eigenvalue weighted by Gasteiger charge is 2.27. The minimum atomic E-state index is 0.558. The van der Waals surface area contributed by atoms with E-state index in [1.807, 2.05) is 12.1 Å². The molecule has 0 saturated heterocycles. The van der Waals surface area contributed by atoms with E-state index in [1.54, 1.807) is 0 Å². The molecular formula is C56H31N5O. The van der Waals surface area contributed by atoms with Gasteiger partial charge in [-0.05, 0) is 60.0 Å². The lowest BCUT2D eigenvalue weighted by molar-refractivity contribution is 0.651. The molecule has 9 aromatic carbocycles. The van der Waals surface area contributed by atoms with Crippen LogP contribution < -0.4 is 0 Å². The van der Waals surface area contributed by atoms with E-state index in [4.69, 9.17) is 14.4 Å². The summed E-state index contributed by atoms with van der Waals surface area (Å²) in [5.74, 6) is 0.567. The van der Waals surface area contributed by atoms with Crippen LogP contribution in [0.2, 0.25) is 0 Å². The van der Waals surface area contributed by atoms with Crippen LogP contribution in [-0.2, 0) is 0 Å². The van der Waals surface area contributed by atoms with Crippen molar-refractivity contribution in [3.63, 3.8) is 0 Å². The molecule has 0 bridgehead atoms. The molecule has 0 aliphatic carbocycles. The van der Waals surface area contributed by atoms with Gasteiger partial charge in [-0.15, -0.1) is 0 Å². The molecule has 0 unspecified atom stereocenters. The Bertz CT molecular complexity index is 4390. The van der Waals surface area contributed by atoms with Crippen molar-refractivity contribution in [1.29, 1.82) is 0 Å². The number of furan rings is 1. The van der Waals surface area contributed by atoms with Gasteiger partial charge >= 0.3 is 0 Å². The molecule has 6 nitrogen and oxygen atoms in total. The molecule has 0 atom stereocenters. The fourth-order valence-electron chi connectivity index (χ4n) is 10.9. The molecule has 6 heteroatoms. The topological polar surface area (TPSA) is 53.2 Å². The predicted molar refractivity (Wildman–Crippen MR) is 256 cm³/mol. The van der Waals surface area contributed by atoms with Gasteiger partial charge in [0.05, 0.1) is 49.7 Å². The average molecular weight is 790 g/mol. The maximum Gasteiger partial charge on any atom is 0.238 e. The molecule has 0 amide bonds. The first-order valence-electron chi connectivity index (χ1n) is 21.1. The molecule has 15 rings (SSSR count). The molecule has 0 N–H and O–H groups in total. The molecular weight excluding hydrogens is 759 g/mol. The molecule has 62 heavy (non-hydrogen) atoms. The third-order valence-electron chi connectivity index (χ3n) is 13.4. The summed E-state index contributed by atoms with van der Waals surface area (Å²) >= 11 is 0. The molecule has 0 fully saturated rings. The van der Waals surface area contributed by atoms with Gasteiger partial charge in [-0.3, -0.25) is 4.57 Å². The summed E-state index contributed by atoms with van der Waals surface area (Å²) in [7, 11) is 0. The van der Waals surface area contributed by atoms with E-state index in [-0.39, 0.29) is 0 Å². The summed E-state index contributed by atoms with van der Waals surface area (Å²) in [6, 6.07) is 67.5. The minimum absolute atomic E-state index is 0.558. The fourth-order valence-corrected chi connectivity index (χ4v) is 10.9.